The molecule has 0 radical (unpaired) electrons. The van der Waals surface area contributed by atoms with Crippen LogP contribution in [0.1, 0.15) is 11.4 Å². The van der Waals surface area contributed by atoms with Gasteiger partial charge < -0.3 is 5.11 Å². The number of phenols is 1. The van der Waals surface area contributed by atoms with E-state index in [1.54, 1.807) is 42.5 Å². The lowest BCUT2D eigenvalue weighted by molar-refractivity contribution is 0.476. The van der Waals surface area contributed by atoms with Gasteiger partial charge in [-0.25, -0.2) is 4.98 Å². The third-order valence-corrected chi connectivity index (χ3v) is 5.58. The number of hydrogen-bond acceptors (Lipinski definition) is 5. The highest BCUT2D eigenvalue weighted by molar-refractivity contribution is 7.87. The zero-order valence-corrected chi connectivity index (χ0v) is 16.2. The van der Waals surface area contributed by atoms with E-state index in [0.717, 1.165) is 14.0 Å². The quantitative estimate of drug-likeness (QED) is 0.705. The fraction of sp³-hybridized carbons (Fsp3) is 0.111. The average Bonchev–Trinajstić information content (AvgIpc) is 3.06. The number of aromatic nitrogens is 3. The predicted octanol–water partition coefficient (Wildman–Crippen LogP) is 3.13. The van der Waals surface area contributed by atoms with Crippen molar-refractivity contribution in [2.24, 2.45) is 0 Å². The summed E-state index contributed by atoms with van der Waals surface area (Å²) in [7, 11) is -1.13. The van der Waals surface area contributed by atoms with Gasteiger partial charge in [0.25, 0.3) is 0 Å². The Labute approximate surface area is 162 Å². The minimum atomic E-state index is -3.93. The van der Waals surface area contributed by atoms with E-state index in [9.17, 15) is 13.5 Å². The smallest absolute Gasteiger partial charge is 0.324 e. The van der Waals surface area contributed by atoms with Crippen LogP contribution in [0.4, 0.5) is 0 Å². The largest absolute Gasteiger partial charge is 0.507 e. The maximum atomic E-state index is 12.6. The maximum Gasteiger partial charge on any atom is 0.324 e. The Kier molecular flexibility index (Phi) is 5.31. The molecule has 9 heteroatoms. The van der Waals surface area contributed by atoms with Crippen molar-refractivity contribution in [1.29, 1.82) is 0 Å². The predicted molar refractivity (Wildman–Crippen MR) is 106 cm³/mol. The summed E-state index contributed by atoms with van der Waals surface area (Å²) in [5.41, 5.74) is 1.12. The van der Waals surface area contributed by atoms with E-state index in [1.807, 2.05) is 12.1 Å². The number of benzene rings is 2. The first-order chi connectivity index (χ1) is 12.8. The van der Waals surface area contributed by atoms with E-state index in [-0.39, 0.29) is 23.0 Å². The number of aromatic hydroxyl groups is 1. The van der Waals surface area contributed by atoms with Crippen molar-refractivity contribution >= 4 is 34.0 Å². The zero-order valence-electron chi connectivity index (χ0n) is 14.6. The van der Waals surface area contributed by atoms with Crippen LogP contribution in [0.15, 0.2) is 48.5 Å². The van der Waals surface area contributed by atoms with Gasteiger partial charge in [0.15, 0.2) is 11.6 Å². The van der Waals surface area contributed by atoms with Crippen molar-refractivity contribution in [1.82, 2.24) is 18.5 Å². The summed E-state index contributed by atoms with van der Waals surface area (Å²) >= 11 is 5.87. The molecule has 1 heterocycles. The fourth-order valence-corrected chi connectivity index (χ4v) is 3.25. The van der Waals surface area contributed by atoms with Gasteiger partial charge >= 0.3 is 10.2 Å². The van der Waals surface area contributed by atoms with Gasteiger partial charge in [0, 0.05) is 19.1 Å². The molecule has 2 aromatic carbocycles. The highest BCUT2D eigenvalue weighted by Gasteiger charge is 2.25. The molecule has 1 aromatic heterocycles. The van der Waals surface area contributed by atoms with Crippen LogP contribution < -0.4 is 0 Å². The molecule has 0 aliphatic rings. The monoisotopic (exact) mass is 404 g/mol. The van der Waals surface area contributed by atoms with Crippen LogP contribution >= 0.6 is 11.6 Å². The lowest BCUT2D eigenvalue weighted by atomic mass is 10.2. The summed E-state index contributed by atoms with van der Waals surface area (Å²) in [4.78, 5) is 4.30. The Balaban J connectivity index is 2.10. The molecule has 3 aromatic rings. The number of phenolic OH excluding ortho intramolecular Hbond substituents is 1. The van der Waals surface area contributed by atoms with Crippen LogP contribution in [-0.4, -0.2) is 46.1 Å². The van der Waals surface area contributed by atoms with Gasteiger partial charge in [-0.15, -0.1) is 9.19 Å². The molecule has 0 aliphatic carbocycles. The summed E-state index contributed by atoms with van der Waals surface area (Å²) in [6.07, 6.45) is 3.33. The third-order valence-electron chi connectivity index (χ3n) is 3.71. The fourth-order valence-electron chi connectivity index (χ4n) is 2.27. The lowest BCUT2D eigenvalue weighted by Crippen LogP contribution is -2.30. The molecule has 0 amide bonds. The highest BCUT2D eigenvalue weighted by Crippen LogP contribution is 2.28. The molecular formula is C18H17ClN4O3S. The van der Waals surface area contributed by atoms with Crippen LogP contribution in [0.2, 0.25) is 5.02 Å². The lowest BCUT2D eigenvalue weighted by Gasteiger charge is -2.12. The van der Waals surface area contributed by atoms with Crippen molar-refractivity contribution in [2.75, 3.05) is 14.1 Å². The van der Waals surface area contributed by atoms with Gasteiger partial charge in [-0.1, -0.05) is 41.9 Å². The molecule has 0 saturated carbocycles. The second-order valence-corrected chi connectivity index (χ2v) is 8.24. The average molecular weight is 405 g/mol. The number of hydrogen-bond donors (Lipinski definition) is 1. The van der Waals surface area contributed by atoms with Crippen molar-refractivity contribution in [2.45, 2.75) is 0 Å². The molecular weight excluding hydrogens is 388 g/mol. The van der Waals surface area contributed by atoms with Crippen LogP contribution in [0, 0.1) is 0 Å². The molecule has 7 nitrogen and oxygen atoms in total. The van der Waals surface area contributed by atoms with Crippen molar-refractivity contribution in [3.05, 3.63) is 64.9 Å². The molecule has 27 heavy (non-hydrogen) atoms. The highest BCUT2D eigenvalue weighted by atomic mass is 35.5. The summed E-state index contributed by atoms with van der Waals surface area (Å²) in [6.45, 7) is 0. The summed E-state index contributed by atoms with van der Waals surface area (Å²) in [6, 6.07) is 13.5. The summed E-state index contributed by atoms with van der Waals surface area (Å²) < 4.78 is 27.1. The molecule has 0 unspecified atom stereocenters. The Morgan fingerprint density at radius 1 is 1.07 bits per heavy atom. The Bertz CT molecular complexity index is 1090. The van der Waals surface area contributed by atoms with E-state index >= 15 is 0 Å². The van der Waals surface area contributed by atoms with Crippen LogP contribution in [0.25, 0.3) is 23.5 Å². The van der Waals surface area contributed by atoms with E-state index in [0.29, 0.717) is 5.02 Å². The molecule has 3 rings (SSSR count). The first kappa shape index (κ1) is 19.1. The van der Waals surface area contributed by atoms with E-state index in [4.69, 9.17) is 11.6 Å². The zero-order chi connectivity index (χ0) is 19.6. The molecule has 0 aliphatic heterocycles. The Morgan fingerprint density at radius 2 is 1.74 bits per heavy atom. The van der Waals surface area contributed by atoms with Gasteiger partial charge in [-0.2, -0.15) is 12.7 Å². The normalized spacial score (nSPS) is 12.1. The van der Waals surface area contributed by atoms with Crippen LogP contribution in [-0.2, 0) is 10.2 Å². The van der Waals surface area contributed by atoms with Gasteiger partial charge in [-0.05, 0) is 35.9 Å². The second kappa shape index (κ2) is 7.51. The standard InChI is InChI=1S/C18H17ClN4O3S/c1-22(2)27(25,26)23-18(15-5-3-4-6-16(15)24)20-17(21-23)12-9-13-7-10-14(19)11-8-13/h3-12,24H,1-2H3/b12-9+. The second-order valence-electron chi connectivity index (χ2n) is 5.83. The number of rotatable bonds is 5. The van der Waals surface area contributed by atoms with E-state index < -0.39 is 10.2 Å². The Hall–Kier alpha value is -2.68. The molecule has 140 valence electrons. The molecule has 0 saturated heterocycles. The Morgan fingerprint density at radius 3 is 2.37 bits per heavy atom. The van der Waals surface area contributed by atoms with Gasteiger partial charge in [0.05, 0.1) is 5.56 Å². The summed E-state index contributed by atoms with van der Waals surface area (Å²) in [5.74, 6) is 0.125. The van der Waals surface area contributed by atoms with Crippen molar-refractivity contribution in [3.63, 3.8) is 0 Å². The molecule has 1 N–H and O–H groups in total. The minimum absolute atomic E-state index is 0.0255. The first-order valence-electron chi connectivity index (χ1n) is 7.91. The van der Waals surface area contributed by atoms with Crippen LogP contribution in [0.5, 0.6) is 5.75 Å². The third kappa shape index (κ3) is 4.02. The molecule has 0 atom stereocenters. The number of nitrogens with zero attached hydrogens (tertiary/aromatic N) is 4. The van der Waals surface area contributed by atoms with E-state index in [1.165, 1.54) is 20.2 Å². The topological polar surface area (TPSA) is 88.3 Å². The van der Waals surface area contributed by atoms with Gasteiger partial charge in [-0.3, -0.25) is 0 Å². The SMILES string of the molecule is CN(C)S(=O)(=O)n1nc(/C=C/c2ccc(Cl)cc2)nc1-c1ccccc1O. The van der Waals surface area contributed by atoms with Crippen molar-refractivity contribution < 1.29 is 13.5 Å². The van der Waals surface area contributed by atoms with Crippen LogP contribution in [0.3, 0.4) is 0 Å². The minimum Gasteiger partial charge on any atom is -0.507 e. The van der Waals surface area contributed by atoms with Crippen molar-refractivity contribution in [3.8, 4) is 17.1 Å². The molecule has 0 fully saturated rings. The van der Waals surface area contributed by atoms with E-state index in [2.05, 4.69) is 10.1 Å². The maximum absolute atomic E-state index is 12.6. The molecule has 0 spiro atoms. The van der Waals surface area contributed by atoms with Gasteiger partial charge in [0.1, 0.15) is 5.75 Å². The molecule has 0 bridgehead atoms. The number of para-hydroxylation sites is 1. The number of halogens is 1. The summed E-state index contributed by atoms with van der Waals surface area (Å²) in [5, 5.41) is 14.8. The first-order valence-corrected chi connectivity index (χ1v) is 9.68. The van der Waals surface area contributed by atoms with Gasteiger partial charge in [0.2, 0.25) is 0 Å².